The average Bonchev–Trinajstić information content (AvgIpc) is 2.85. The van der Waals surface area contributed by atoms with Crippen LogP contribution in [0.2, 0.25) is 5.02 Å². The second kappa shape index (κ2) is 12.8. The van der Waals surface area contributed by atoms with E-state index in [0.29, 0.717) is 33.6 Å². The van der Waals surface area contributed by atoms with Gasteiger partial charge in [0, 0.05) is 16.6 Å². The largest absolute Gasteiger partial charge is 0.493 e. The van der Waals surface area contributed by atoms with E-state index in [1.165, 1.54) is 0 Å². The van der Waals surface area contributed by atoms with E-state index in [1.54, 1.807) is 61.7 Å². The van der Waals surface area contributed by atoms with Gasteiger partial charge in [0.1, 0.15) is 5.75 Å². The molecule has 0 bridgehead atoms. The molecular formula is C25H22BrClN2O6. The first kappa shape index (κ1) is 26.1. The zero-order valence-corrected chi connectivity index (χ0v) is 21.0. The van der Waals surface area contributed by atoms with Crippen LogP contribution in [0.4, 0.5) is 11.4 Å². The molecule has 0 unspecified atom stereocenters. The Labute approximate surface area is 215 Å². The fourth-order valence-corrected chi connectivity index (χ4v) is 3.59. The Balaban J connectivity index is 1.39. The number of carbonyl (C=O) groups is 3. The Morgan fingerprint density at radius 2 is 1.60 bits per heavy atom. The second-order valence-electron chi connectivity index (χ2n) is 7.16. The summed E-state index contributed by atoms with van der Waals surface area (Å²) in [4.78, 5) is 36.0. The van der Waals surface area contributed by atoms with Gasteiger partial charge < -0.3 is 24.8 Å². The quantitative estimate of drug-likeness (QED) is 0.303. The third-order valence-electron chi connectivity index (χ3n) is 4.56. The molecule has 3 aromatic rings. The number of esters is 1. The summed E-state index contributed by atoms with van der Waals surface area (Å²) in [7, 11) is 1.56. The van der Waals surface area contributed by atoms with Gasteiger partial charge in [0.25, 0.3) is 5.91 Å². The van der Waals surface area contributed by atoms with Gasteiger partial charge in [-0.1, -0.05) is 39.7 Å². The van der Waals surface area contributed by atoms with Gasteiger partial charge >= 0.3 is 5.97 Å². The molecule has 3 aromatic carbocycles. The van der Waals surface area contributed by atoms with Crippen molar-refractivity contribution in [2.75, 3.05) is 24.4 Å². The lowest BCUT2D eigenvalue weighted by Crippen LogP contribution is -2.22. The first-order chi connectivity index (χ1) is 16.8. The first-order valence-electron chi connectivity index (χ1n) is 10.5. The van der Waals surface area contributed by atoms with Crippen LogP contribution in [0.3, 0.4) is 0 Å². The van der Waals surface area contributed by atoms with Crippen molar-refractivity contribution in [1.29, 1.82) is 0 Å². The fourth-order valence-electron chi connectivity index (χ4n) is 2.87. The van der Waals surface area contributed by atoms with Crippen molar-refractivity contribution in [2.24, 2.45) is 0 Å². The maximum Gasteiger partial charge on any atom is 0.306 e. The molecule has 0 radical (unpaired) electrons. The Bertz CT molecular complexity index is 1200. The van der Waals surface area contributed by atoms with Crippen LogP contribution in [0, 0.1) is 0 Å². The Morgan fingerprint density at radius 1 is 0.886 bits per heavy atom. The molecule has 35 heavy (non-hydrogen) atoms. The summed E-state index contributed by atoms with van der Waals surface area (Å²) < 4.78 is 16.7. The van der Waals surface area contributed by atoms with Crippen molar-refractivity contribution in [3.05, 3.63) is 76.2 Å². The number of halogens is 2. The maximum atomic E-state index is 12.2. The summed E-state index contributed by atoms with van der Waals surface area (Å²) >= 11 is 9.31. The number of nitrogens with one attached hydrogen (secondary N) is 2. The minimum atomic E-state index is -0.669. The van der Waals surface area contributed by atoms with E-state index in [-0.39, 0.29) is 18.7 Å². The minimum Gasteiger partial charge on any atom is -0.493 e. The fraction of sp³-hybridized carbons (Fsp3) is 0.160. The van der Waals surface area contributed by atoms with Crippen molar-refractivity contribution in [3.8, 4) is 17.2 Å². The number of rotatable bonds is 10. The normalized spacial score (nSPS) is 10.3. The van der Waals surface area contributed by atoms with Gasteiger partial charge in [-0.3, -0.25) is 14.4 Å². The topological polar surface area (TPSA) is 103 Å². The lowest BCUT2D eigenvalue weighted by atomic mass is 10.2. The number of hydrogen-bond acceptors (Lipinski definition) is 6. The molecule has 0 aromatic heterocycles. The van der Waals surface area contributed by atoms with E-state index >= 15 is 0 Å². The molecule has 2 N–H and O–H groups in total. The molecule has 0 saturated carbocycles. The molecule has 3 rings (SSSR count). The minimum absolute atomic E-state index is 0.0988. The van der Waals surface area contributed by atoms with Gasteiger partial charge in [-0.25, -0.2) is 0 Å². The first-order valence-corrected chi connectivity index (χ1v) is 11.6. The van der Waals surface area contributed by atoms with E-state index in [1.807, 2.05) is 12.1 Å². The van der Waals surface area contributed by atoms with Gasteiger partial charge in [0.15, 0.2) is 18.1 Å². The van der Waals surface area contributed by atoms with Crippen LogP contribution in [0.5, 0.6) is 17.2 Å². The number of ether oxygens (including phenoxy) is 3. The van der Waals surface area contributed by atoms with Crippen LogP contribution >= 0.6 is 27.5 Å². The molecule has 0 heterocycles. The van der Waals surface area contributed by atoms with Crippen LogP contribution in [0.25, 0.3) is 0 Å². The highest BCUT2D eigenvalue weighted by Gasteiger charge is 2.12. The summed E-state index contributed by atoms with van der Waals surface area (Å²) in [5.41, 5.74) is 0.941. The van der Waals surface area contributed by atoms with E-state index < -0.39 is 18.5 Å². The van der Waals surface area contributed by atoms with E-state index in [9.17, 15) is 14.4 Å². The summed E-state index contributed by atoms with van der Waals surface area (Å²) in [6.07, 6.45) is -0.272. The van der Waals surface area contributed by atoms with Crippen molar-refractivity contribution in [2.45, 2.75) is 12.8 Å². The Morgan fingerprint density at radius 3 is 2.29 bits per heavy atom. The molecule has 0 aliphatic heterocycles. The zero-order chi connectivity index (χ0) is 25.2. The lowest BCUT2D eigenvalue weighted by molar-refractivity contribution is -0.147. The van der Waals surface area contributed by atoms with Crippen molar-refractivity contribution in [3.63, 3.8) is 0 Å². The van der Waals surface area contributed by atoms with E-state index in [2.05, 4.69) is 26.6 Å². The Hall–Kier alpha value is -3.56. The average molecular weight is 562 g/mol. The van der Waals surface area contributed by atoms with Gasteiger partial charge in [-0.05, 0) is 54.6 Å². The smallest absolute Gasteiger partial charge is 0.306 e. The van der Waals surface area contributed by atoms with Gasteiger partial charge in [-0.15, -0.1) is 0 Å². The number of anilines is 2. The number of hydrogen-bond donors (Lipinski definition) is 2. The molecule has 0 atom stereocenters. The zero-order valence-electron chi connectivity index (χ0n) is 18.7. The third-order valence-corrected chi connectivity index (χ3v) is 5.37. The number of para-hydroxylation sites is 2. The van der Waals surface area contributed by atoms with Crippen LogP contribution in [0.15, 0.2) is 71.2 Å². The van der Waals surface area contributed by atoms with Crippen LogP contribution in [-0.2, 0) is 19.1 Å². The maximum absolute atomic E-state index is 12.2. The predicted octanol–water partition coefficient (Wildman–Crippen LogP) is 5.80. The summed E-state index contributed by atoms with van der Waals surface area (Å²) in [5.74, 6) is 0.163. The van der Waals surface area contributed by atoms with Gasteiger partial charge in [0.05, 0.1) is 24.2 Å². The molecule has 0 aliphatic rings. The molecule has 0 saturated heterocycles. The predicted molar refractivity (Wildman–Crippen MR) is 136 cm³/mol. The highest BCUT2D eigenvalue weighted by molar-refractivity contribution is 9.10. The lowest BCUT2D eigenvalue weighted by Gasteiger charge is -2.11. The van der Waals surface area contributed by atoms with Crippen LogP contribution in [-0.4, -0.2) is 31.5 Å². The molecule has 10 heteroatoms. The molecule has 0 fully saturated rings. The van der Waals surface area contributed by atoms with Crippen molar-refractivity contribution >= 4 is 56.7 Å². The van der Waals surface area contributed by atoms with E-state index in [4.69, 9.17) is 25.8 Å². The SMILES string of the molecule is COc1ccccc1Oc1ccc(NC(=O)CCC(=O)OCC(=O)Nc2ccc(Br)cc2Cl)cc1. The number of amides is 2. The van der Waals surface area contributed by atoms with Gasteiger partial charge in [-0.2, -0.15) is 0 Å². The second-order valence-corrected chi connectivity index (χ2v) is 8.48. The van der Waals surface area contributed by atoms with Crippen molar-refractivity contribution < 1.29 is 28.6 Å². The summed E-state index contributed by atoms with van der Waals surface area (Å²) in [6.45, 7) is -0.486. The molecule has 0 spiro atoms. The number of carbonyl (C=O) groups excluding carboxylic acids is 3. The summed E-state index contributed by atoms with van der Waals surface area (Å²) in [6, 6.07) is 19.0. The molecular weight excluding hydrogens is 540 g/mol. The summed E-state index contributed by atoms with van der Waals surface area (Å²) in [5, 5.41) is 5.59. The monoisotopic (exact) mass is 560 g/mol. The third kappa shape index (κ3) is 8.31. The highest BCUT2D eigenvalue weighted by atomic mass is 79.9. The number of methoxy groups -OCH3 is 1. The van der Waals surface area contributed by atoms with E-state index in [0.717, 1.165) is 4.47 Å². The number of benzene rings is 3. The standard InChI is InChI=1S/C25H22BrClN2O6/c1-33-21-4-2-3-5-22(21)35-18-9-7-17(8-10-18)28-23(30)12-13-25(32)34-15-24(31)29-20-11-6-16(26)14-19(20)27/h2-11,14H,12-13,15H2,1H3,(H,28,30)(H,29,31). The van der Waals surface area contributed by atoms with Crippen LogP contribution < -0.4 is 20.1 Å². The molecule has 2 amide bonds. The molecule has 182 valence electrons. The highest BCUT2D eigenvalue weighted by Crippen LogP contribution is 2.31. The Kier molecular flexibility index (Phi) is 9.51. The van der Waals surface area contributed by atoms with Crippen LogP contribution in [0.1, 0.15) is 12.8 Å². The van der Waals surface area contributed by atoms with Crippen molar-refractivity contribution in [1.82, 2.24) is 0 Å². The molecule has 0 aliphatic carbocycles. The van der Waals surface area contributed by atoms with Gasteiger partial charge in [0.2, 0.25) is 5.91 Å². The molecule has 8 nitrogen and oxygen atoms in total.